The Morgan fingerprint density at radius 3 is 2.58 bits per heavy atom. The summed E-state index contributed by atoms with van der Waals surface area (Å²) in [5.41, 5.74) is 3.06. The number of fused-ring (bicyclic) bond motifs is 1. The highest BCUT2D eigenvalue weighted by molar-refractivity contribution is 5.91. The number of carbonyl (C=O) groups is 2. The number of anilines is 1. The third-order valence-electron chi connectivity index (χ3n) is 5.49. The van der Waals surface area contributed by atoms with E-state index in [-0.39, 0.29) is 30.9 Å². The monoisotopic (exact) mass is 424 g/mol. The topological polar surface area (TPSA) is 102 Å². The van der Waals surface area contributed by atoms with E-state index >= 15 is 0 Å². The fourth-order valence-electron chi connectivity index (χ4n) is 3.96. The van der Waals surface area contributed by atoms with Crippen LogP contribution in [0.4, 0.5) is 5.69 Å². The van der Waals surface area contributed by atoms with Crippen LogP contribution in [0.25, 0.3) is 0 Å². The molecule has 0 radical (unpaired) electrons. The first kappa shape index (κ1) is 22.1. The zero-order chi connectivity index (χ0) is 22.4. The molecule has 1 unspecified atom stereocenters. The van der Waals surface area contributed by atoms with E-state index in [4.69, 9.17) is 19.5 Å². The summed E-state index contributed by atoms with van der Waals surface area (Å²) < 4.78 is 15.8. The van der Waals surface area contributed by atoms with Crippen LogP contribution in [0.3, 0.4) is 0 Å². The highest BCUT2D eigenvalue weighted by Gasteiger charge is 2.35. The first-order valence-electron chi connectivity index (χ1n) is 9.95. The molecule has 0 saturated heterocycles. The molecule has 2 N–H and O–H groups in total. The van der Waals surface area contributed by atoms with Crippen molar-refractivity contribution in [1.29, 1.82) is 5.26 Å². The van der Waals surface area contributed by atoms with Gasteiger partial charge in [-0.05, 0) is 35.9 Å². The Balaban J connectivity index is 1.84. The smallest absolute Gasteiger partial charge is 0.311 e. The lowest BCUT2D eigenvalue weighted by molar-refractivity contribution is -0.925. The summed E-state index contributed by atoms with van der Waals surface area (Å²) in [5, 5.41) is 11.9. The van der Waals surface area contributed by atoms with Crippen molar-refractivity contribution in [3.05, 3.63) is 53.1 Å². The molecule has 3 rings (SSSR count). The number of nitrogens with zero attached hydrogens (tertiary/aromatic N) is 1. The van der Waals surface area contributed by atoms with Crippen molar-refractivity contribution < 1.29 is 28.7 Å². The lowest BCUT2D eigenvalue weighted by Gasteiger charge is -2.34. The number of carbonyl (C=O) groups excluding carboxylic acids is 2. The molecular weight excluding hydrogens is 398 g/mol. The zero-order valence-corrected chi connectivity index (χ0v) is 17.9. The van der Waals surface area contributed by atoms with Gasteiger partial charge in [-0.3, -0.25) is 9.59 Å². The number of nitrogens with one attached hydrogen (secondary N) is 2. The molecular formula is C23H26N3O5+. The van der Waals surface area contributed by atoms with Crippen LogP contribution < -0.4 is 19.7 Å². The van der Waals surface area contributed by atoms with Crippen LogP contribution in [-0.2, 0) is 20.7 Å². The van der Waals surface area contributed by atoms with Crippen molar-refractivity contribution in [3.8, 4) is 17.6 Å². The first-order valence-corrected chi connectivity index (χ1v) is 9.95. The molecule has 0 saturated carbocycles. The van der Waals surface area contributed by atoms with Gasteiger partial charge in [-0.15, -0.1) is 0 Å². The minimum absolute atomic E-state index is 0.144. The second-order valence-electron chi connectivity index (χ2n) is 7.31. The summed E-state index contributed by atoms with van der Waals surface area (Å²) in [4.78, 5) is 25.8. The Morgan fingerprint density at radius 1 is 1.16 bits per heavy atom. The second kappa shape index (κ2) is 9.96. The van der Waals surface area contributed by atoms with Crippen molar-refractivity contribution in [1.82, 2.24) is 0 Å². The quantitative estimate of drug-likeness (QED) is 0.649. The molecule has 0 bridgehead atoms. The molecule has 1 aliphatic rings. The van der Waals surface area contributed by atoms with E-state index < -0.39 is 0 Å². The Kier molecular flexibility index (Phi) is 7.11. The number of rotatable bonds is 7. The lowest BCUT2D eigenvalue weighted by atomic mass is 9.90. The molecule has 162 valence electrons. The fourth-order valence-corrected chi connectivity index (χ4v) is 3.96. The van der Waals surface area contributed by atoms with Crippen molar-refractivity contribution in [2.45, 2.75) is 18.9 Å². The normalized spacial score (nSPS) is 17.1. The highest BCUT2D eigenvalue weighted by Crippen LogP contribution is 2.35. The van der Waals surface area contributed by atoms with Crippen molar-refractivity contribution >= 4 is 17.6 Å². The van der Waals surface area contributed by atoms with E-state index in [0.29, 0.717) is 29.3 Å². The molecule has 0 spiro atoms. The van der Waals surface area contributed by atoms with E-state index in [2.05, 4.69) is 11.4 Å². The second-order valence-corrected chi connectivity index (χ2v) is 7.31. The molecule has 2 atom stereocenters. The maximum Gasteiger partial charge on any atom is 0.311 e. The molecule has 0 fully saturated rings. The molecule has 1 heterocycles. The molecule has 0 aliphatic carbocycles. The number of nitriles is 1. The number of amides is 1. The van der Waals surface area contributed by atoms with Gasteiger partial charge in [0.05, 0.1) is 39.5 Å². The fraction of sp³-hybridized carbons (Fsp3) is 0.348. The van der Waals surface area contributed by atoms with Gasteiger partial charge in [0, 0.05) is 17.7 Å². The molecule has 0 aromatic heterocycles. The molecule has 2 aromatic carbocycles. The maximum atomic E-state index is 12.7. The van der Waals surface area contributed by atoms with Gasteiger partial charge in [0.2, 0.25) is 0 Å². The standard InChI is InChI=1S/C23H25N3O5/c1-29-20-10-16-7-8-26(14-22(27)25-17-6-4-5-15(9-17)13-24)19(12-23(28)31-3)18(16)11-21(20)30-2/h4-6,9-11,19H,7-8,12,14H2,1-3H3,(H,25,27)/p+1/t19-/m1/s1. The zero-order valence-electron chi connectivity index (χ0n) is 17.9. The number of methoxy groups -OCH3 is 3. The first-order chi connectivity index (χ1) is 15.0. The number of hydrogen-bond acceptors (Lipinski definition) is 6. The Bertz CT molecular complexity index is 1010. The van der Waals surface area contributed by atoms with Crippen LogP contribution in [0.1, 0.15) is 29.2 Å². The third kappa shape index (κ3) is 5.13. The molecule has 1 aliphatic heterocycles. The molecule has 1 amide bonds. The van der Waals surface area contributed by atoms with Gasteiger partial charge < -0.3 is 24.4 Å². The minimum Gasteiger partial charge on any atom is -0.493 e. The minimum atomic E-state index is -0.340. The maximum absolute atomic E-state index is 12.7. The Hall–Kier alpha value is -3.57. The van der Waals surface area contributed by atoms with Gasteiger partial charge in [-0.2, -0.15) is 5.26 Å². The summed E-state index contributed by atoms with van der Waals surface area (Å²) >= 11 is 0. The Labute approximate surface area is 181 Å². The SMILES string of the molecule is COC(=O)C[C@@H]1c2cc(OC)c(OC)cc2CC[NH+]1CC(=O)Nc1cccc(C#N)c1. The summed E-state index contributed by atoms with van der Waals surface area (Å²) in [5.74, 6) is 0.683. The average Bonchev–Trinajstić information content (AvgIpc) is 2.79. The predicted molar refractivity (Wildman–Crippen MR) is 113 cm³/mol. The van der Waals surface area contributed by atoms with Gasteiger partial charge in [-0.25, -0.2) is 0 Å². The lowest BCUT2D eigenvalue weighted by Crippen LogP contribution is -3.14. The van der Waals surface area contributed by atoms with E-state index in [1.54, 1.807) is 38.5 Å². The Morgan fingerprint density at radius 2 is 1.90 bits per heavy atom. The summed E-state index contributed by atoms with van der Waals surface area (Å²) in [6, 6.07) is 12.4. The van der Waals surface area contributed by atoms with E-state index in [9.17, 15) is 9.59 Å². The van der Waals surface area contributed by atoms with Gasteiger partial charge in [0.15, 0.2) is 18.0 Å². The summed E-state index contributed by atoms with van der Waals surface area (Å²) in [6.07, 6.45) is 0.880. The van der Waals surface area contributed by atoms with E-state index in [0.717, 1.165) is 22.4 Å². The molecule has 8 heteroatoms. The number of benzene rings is 2. The predicted octanol–water partition coefficient (Wildman–Crippen LogP) is 1.26. The van der Waals surface area contributed by atoms with Gasteiger partial charge in [-0.1, -0.05) is 6.07 Å². The molecule has 2 aromatic rings. The van der Waals surface area contributed by atoms with Crippen LogP contribution in [0.15, 0.2) is 36.4 Å². The molecule has 8 nitrogen and oxygen atoms in total. The number of ether oxygens (including phenoxy) is 3. The average molecular weight is 424 g/mol. The van der Waals surface area contributed by atoms with E-state index in [1.807, 2.05) is 12.1 Å². The van der Waals surface area contributed by atoms with Crippen LogP contribution in [0.5, 0.6) is 11.5 Å². The third-order valence-corrected chi connectivity index (χ3v) is 5.49. The van der Waals surface area contributed by atoms with E-state index in [1.165, 1.54) is 7.11 Å². The van der Waals surface area contributed by atoms with Crippen LogP contribution in [0.2, 0.25) is 0 Å². The van der Waals surface area contributed by atoms with Gasteiger partial charge in [0.1, 0.15) is 12.5 Å². The van der Waals surface area contributed by atoms with Crippen molar-refractivity contribution in [3.63, 3.8) is 0 Å². The molecule has 31 heavy (non-hydrogen) atoms. The van der Waals surface area contributed by atoms with Crippen molar-refractivity contribution in [2.75, 3.05) is 39.7 Å². The van der Waals surface area contributed by atoms with Gasteiger partial charge >= 0.3 is 5.97 Å². The largest absolute Gasteiger partial charge is 0.493 e. The van der Waals surface area contributed by atoms with Crippen molar-refractivity contribution in [2.24, 2.45) is 0 Å². The van der Waals surface area contributed by atoms with Crippen LogP contribution in [-0.4, -0.2) is 46.3 Å². The van der Waals surface area contributed by atoms with Gasteiger partial charge in [0.25, 0.3) is 5.91 Å². The summed E-state index contributed by atoms with van der Waals surface area (Å²) in [6.45, 7) is 0.849. The van der Waals surface area contributed by atoms with Crippen LogP contribution in [0, 0.1) is 11.3 Å². The van der Waals surface area contributed by atoms with Crippen LogP contribution >= 0.6 is 0 Å². The summed E-state index contributed by atoms with van der Waals surface area (Å²) in [7, 11) is 4.51. The number of quaternary nitrogens is 1. The number of esters is 1. The number of hydrogen-bond donors (Lipinski definition) is 2. The highest BCUT2D eigenvalue weighted by atomic mass is 16.5.